The summed E-state index contributed by atoms with van der Waals surface area (Å²) >= 11 is 0. The molecule has 20 nitrogen and oxygen atoms in total. The van der Waals surface area contributed by atoms with Gasteiger partial charge in [0.15, 0.2) is 11.4 Å². The molecule has 0 bridgehead atoms. The summed E-state index contributed by atoms with van der Waals surface area (Å²) in [5.41, 5.74) is -2.80. The summed E-state index contributed by atoms with van der Waals surface area (Å²) in [6, 6.07) is 12.5. The molecular weight excluding hydrogens is 1060 g/mol. The van der Waals surface area contributed by atoms with Gasteiger partial charge in [0.2, 0.25) is 11.8 Å². The Morgan fingerprint density at radius 3 is 0.952 bits per heavy atom. The molecule has 0 aliphatic heterocycles. The first kappa shape index (κ1) is 68.5. The van der Waals surface area contributed by atoms with E-state index in [2.05, 4.69) is 97.1 Å². The Morgan fingerprint density at radius 1 is 0.464 bits per heavy atom. The summed E-state index contributed by atoms with van der Waals surface area (Å²) in [7, 11) is 0. The minimum atomic E-state index is -0.948. The van der Waals surface area contributed by atoms with Gasteiger partial charge in [-0.15, -0.1) is 10.2 Å². The van der Waals surface area contributed by atoms with Crippen molar-refractivity contribution in [2.24, 2.45) is 44.1 Å². The monoisotopic (exact) mass is 1150 g/mol. The number of nitrogens with zero attached hydrogens (tertiary/aromatic N) is 8. The number of nitrogens with one attached hydrogen (secondary N) is 4. The molecule has 0 aliphatic rings. The minimum Gasteiger partial charge on any atom is -0.493 e. The predicted molar refractivity (Wildman–Crippen MR) is 327 cm³/mol. The van der Waals surface area contributed by atoms with Crippen molar-refractivity contribution in [3.05, 3.63) is 102 Å². The molecule has 6 N–H and O–H groups in total. The summed E-state index contributed by atoms with van der Waals surface area (Å²) in [6.07, 6.45) is 15.4. The zero-order valence-corrected chi connectivity index (χ0v) is 51.3. The standard InChI is InChI=1S/C64H90N12O8/c1-11-19-23-43(15-5)37-67-57(77)47-29-48(58(78)68-38-44(16-6)24-20-12-2)32-51(31-47)71-73-55-41(9)53(35-65)61(81)75(63(55)83)27-28-76-62(82)54(36-66)42(10)56(64(76)84)74-72-52-33-49(59(79)69-39-45(17-7)25-21-13-3)30-50(34-52)60(80)70-40-46(18-8)26-22-14-4/h29-34,43-46,81-82H,11-28,37-40H2,1-10H3,(H,67,77)(H,68,78)(H,69,79)(H,70,80). The van der Waals surface area contributed by atoms with Crippen molar-refractivity contribution in [2.75, 3.05) is 26.2 Å². The van der Waals surface area contributed by atoms with Crippen LogP contribution in [0.1, 0.15) is 222 Å². The van der Waals surface area contributed by atoms with Crippen molar-refractivity contribution in [3.8, 4) is 23.9 Å². The average molecular weight is 1160 g/mol. The second-order valence-electron chi connectivity index (χ2n) is 21.9. The largest absolute Gasteiger partial charge is 0.493 e. The van der Waals surface area contributed by atoms with Crippen molar-refractivity contribution >= 4 is 46.4 Å². The van der Waals surface area contributed by atoms with Gasteiger partial charge in [-0.1, -0.05) is 132 Å². The van der Waals surface area contributed by atoms with E-state index >= 15 is 0 Å². The Bertz CT molecular complexity index is 2860. The second-order valence-corrected chi connectivity index (χ2v) is 21.9. The Hall–Kier alpha value is -8.00. The van der Waals surface area contributed by atoms with E-state index in [0.717, 1.165) is 112 Å². The first-order valence-electron chi connectivity index (χ1n) is 30.4. The lowest BCUT2D eigenvalue weighted by Gasteiger charge is -2.17. The summed E-state index contributed by atoms with van der Waals surface area (Å²) in [5, 5.41) is 72.5. The van der Waals surface area contributed by atoms with E-state index in [9.17, 15) is 49.5 Å². The van der Waals surface area contributed by atoms with Crippen LogP contribution in [0.2, 0.25) is 0 Å². The van der Waals surface area contributed by atoms with Crippen LogP contribution >= 0.6 is 0 Å². The van der Waals surface area contributed by atoms with E-state index in [1.165, 1.54) is 50.2 Å². The molecular formula is C64H90N12O8. The van der Waals surface area contributed by atoms with E-state index in [0.29, 0.717) is 26.2 Å². The molecule has 0 saturated heterocycles. The molecule has 2 aromatic carbocycles. The number of rotatable bonds is 35. The van der Waals surface area contributed by atoms with Gasteiger partial charge in [-0.2, -0.15) is 20.8 Å². The van der Waals surface area contributed by atoms with Gasteiger partial charge in [0.25, 0.3) is 34.7 Å². The zero-order valence-electron chi connectivity index (χ0n) is 51.3. The number of aromatic hydroxyl groups is 2. The third kappa shape index (κ3) is 19.3. The topological polar surface area (TPSA) is 298 Å². The summed E-state index contributed by atoms with van der Waals surface area (Å²) in [6.45, 7) is 20.1. The third-order valence-corrected chi connectivity index (χ3v) is 15.9. The van der Waals surface area contributed by atoms with Gasteiger partial charge in [-0.05, 0) is 99.6 Å². The maximum atomic E-state index is 14.4. The molecule has 84 heavy (non-hydrogen) atoms. The van der Waals surface area contributed by atoms with Crippen LogP contribution in [0, 0.1) is 60.2 Å². The number of hydrogen-bond acceptors (Lipinski definition) is 14. The fraction of sp³-hybridized carbons (Fsp3) is 0.562. The molecule has 4 aromatic rings. The molecule has 454 valence electrons. The molecule has 4 unspecified atom stereocenters. The van der Waals surface area contributed by atoms with Crippen LogP contribution < -0.4 is 32.4 Å². The molecule has 4 rings (SSSR count). The molecule has 4 atom stereocenters. The maximum absolute atomic E-state index is 14.4. The number of nitriles is 2. The number of carbonyl (C=O) groups excluding carboxylic acids is 4. The molecule has 2 aromatic heterocycles. The van der Waals surface area contributed by atoms with Gasteiger partial charge < -0.3 is 31.5 Å². The lowest BCUT2D eigenvalue weighted by atomic mass is 9.99. The quantitative estimate of drug-likeness (QED) is 0.0237. The van der Waals surface area contributed by atoms with Gasteiger partial charge in [0.1, 0.15) is 23.3 Å². The highest BCUT2D eigenvalue weighted by molar-refractivity contribution is 6.02. The molecule has 0 aliphatic carbocycles. The van der Waals surface area contributed by atoms with Crippen LogP contribution in [-0.4, -0.2) is 69.2 Å². The Morgan fingerprint density at radius 2 is 0.726 bits per heavy atom. The highest BCUT2D eigenvalue weighted by Gasteiger charge is 2.24. The van der Waals surface area contributed by atoms with E-state index in [-0.39, 0.29) is 90.9 Å². The van der Waals surface area contributed by atoms with Gasteiger partial charge in [-0.25, -0.2) is 0 Å². The van der Waals surface area contributed by atoms with Gasteiger partial charge >= 0.3 is 0 Å². The highest BCUT2D eigenvalue weighted by Crippen LogP contribution is 2.31. The summed E-state index contributed by atoms with van der Waals surface area (Å²) in [4.78, 5) is 83.7. The van der Waals surface area contributed by atoms with E-state index in [1.807, 2.05) is 12.1 Å². The molecule has 0 saturated carbocycles. The Labute approximate surface area is 495 Å². The first-order valence-corrected chi connectivity index (χ1v) is 30.4. The van der Waals surface area contributed by atoms with Crippen LogP contribution in [0.3, 0.4) is 0 Å². The minimum absolute atomic E-state index is 0.0384. The van der Waals surface area contributed by atoms with E-state index in [1.54, 1.807) is 0 Å². The summed E-state index contributed by atoms with van der Waals surface area (Å²) < 4.78 is 1.55. The average Bonchev–Trinajstić information content (AvgIpc) is 2.42. The van der Waals surface area contributed by atoms with Crippen LogP contribution in [0.4, 0.5) is 22.7 Å². The van der Waals surface area contributed by atoms with Crippen molar-refractivity contribution in [1.29, 1.82) is 10.5 Å². The zero-order chi connectivity index (χ0) is 61.9. The maximum Gasteiger partial charge on any atom is 0.281 e. The number of hydrogen-bond donors (Lipinski definition) is 6. The molecule has 4 amide bonds. The first-order chi connectivity index (χ1) is 40.4. The molecule has 0 fully saturated rings. The van der Waals surface area contributed by atoms with Crippen LogP contribution in [0.5, 0.6) is 11.8 Å². The van der Waals surface area contributed by atoms with Crippen LogP contribution in [0.25, 0.3) is 0 Å². The van der Waals surface area contributed by atoms with Crippen molar-refractivity contribution in [2.45, 2.75) is 185 Å². The lowest BCUT2D eigenvalue weighted by molar-refractivity contribution is 0.0930. The summed E-state index contributed by atoms with van der Waals surface area (Å²) in [5.74, 6) is -2.27. The Kier molecular flexibility index (Phi) is 28.7. The number of carbonyl (C=O) groups is 4. The van der Waals surface area contributed by atoms with Crippen LogP contribution in [-0.2, 0) is 13.1 Å². The number of azo groups is 2. The smallest absolute Gasteiger partial charge is 0.281 e. The normalized spacial score (nSPS) is 12.8. The number of benzene rings is 2. The molecule has 2 heterocycles. The molecule has 0 radical (unpaired) electrons. The second kappa shape index (κ2) is 35.2. The Balaban J connectivity index is 1.78. The van der Waals surface area contributed by atoms with Gasteiger partial charge in [0, 0.05) is 72.6 Å². The van der Waals surface area contributed by atoms with Gasteiger partial charge in [0.05, 0.1) is 11.4 Å². The van der Waals surface area contributed by atoms with Crippen molar-refractivity contribution in [3.63, 3.8) is 0 Å². The highest BCUT2D eigenvalue weighted by atomic mass is 16.3. The van der Waals surface area contributed by atoms with Gasteiger partial charge in [-0.3, -0.25) is 37.9 Å². The molecule has 20 heteroatoms. The van der Waals surface area contributed by atoms with E-state index in [4.69, 9.17) is 0 Å². The number of amides is 4. The molecule has 0 spiro atoms. The fourth-order valence-corrected chi connectivity index (χ4v) is 9.94. The number of unbranched alkanes of at least 4 members (excludes halogenated alkanes) is 4. The third-order valence-electron chi connectivity index (χ3n) is 15.9. The SMILES string of the molecule is CCCCC(CC)CNC(=O)c1cc(N=Nc2c(C)c(C#N)c(O)n(CCn3c(O)c(C#N)c(C)c(N=Nc4cc(C(=O)NCC(CC)CCCC)cc(C(=O)NCC(CC)CCCC)c4)c3=O)c2=O)cc(C(=O)NCC(CC)CCCC)c1. The lowest BCUT2D eigenvalue weighted by Crippen LogP contribution is -2.31. The number of aromatic nitrogens is 2. The van der Waals surface area contributed by atoms with Crippen molar-refractivity contribution in [1.82, 2.24) is 30.4 Å². The van der Waals surface area contributed by atoms with E-state index < -0.39 is 59.6 Å². The van der Waals surface area contributed by atoms with Crippen LogP contribution in [0.15, 0.2) is 66.4 Å². The predicted octanol–water partition coefficient (Wildman–Crippen LogP) is 13.1. The fourth-order valence-electron chi connectivity index (χ4n) is 9.94. The van der Waals surface area contributed by atoms with Crippen molar-refractivity contribution < 1.29 is 29.4 Å². The number of pyridine rings is 2.